The number of hydrogen-bond acceptors (Lipinski definition) is 4. The van der Waals surface area contributed by atoms with Gasteiger partial charge in [-0.2, -0.15) is 0 Å². The van der Waals surface area contributed by atoms with E-state index in [4.69, 9.17) is 9.47 Å². The normalized spacial score (nSPS) is 10.3. The number of rotatable bonds is 8. The SMILES string of the molecule is CC(C)CCOc1cccc(OCC(=O)NNC(=O)c2ccccc2)c1. The second kappa shape index (κ2) is 10.1. The first kappa shape index (κ1) is 19.3. The van der Waals surface area contributed by atoms with Crippen LogP contribution in [0.15, 0.2) is 54.6 Å². The molecule has 0 saturated heterocycles. The van der Waals surface area contributed by atoms with Crippen LogP contribution in [0, 0.1) is 5.92 Å². The van der Waals surface area contributed by atoms with E-state index in [9.17, 15) is 9.59 Å². The Morgan fingerprint density at radius 3 is 2.31 bits per heavy atom. The van der Waals surface area contributed by atoms with E-state index in [2.05, 4.69) is 24.7 Å². The summed E-state index contributed by atoms with van der Waals surface area (Å²) < 4.78 is 11.1. The van der Waals surface area contributed by atoms with Gasteiger partial charge in [0.1, 0.15) is 11.5 Å². The van der Waals surface area contributed by atoms with Gasteiger partial charge in [0.25, 0.3) is 11.8 Å². The maximum atomic E-state index is 11.8. The van der Waals surface area contributed by atoms with E-state index in [0.29, 0.717) is 29.6 Å². The molecule has 0 spiro atoms. The Labute approximate surface area is 153 Å². The average Bonchev–Trinajstić information content (AvgIpc) is 2.65. The van der Waals surface area contributed by atoms with Crippen molar-refractivity contribution in [2.24, 2.45) is 5.92 Å². The minimum atomic E-state index is -0.458. The summed E-state index contributed by atoms with van der Waals surface area (Å²) in [4.78, 5) is 23.6. The molecule has 0 atom stereocenters. The summed E-state index contributed by atoms with van der Waals surface area (Å²) in [6.07, 6.45) is 0.967. The van der Waals surface area contributed by atoms with E-state index in [-0.39, 0.29) is 12.5 Å². The van der Waals surface area contributed by atoms with Crippen molar-refractivity contribution in [3.8, 4) is 11.5 Å². The number of nitrogens with one attached hydrogen (secondary N) is 2. The molecule has 2 N–H and O–H groups in total. The molecule has 2 rings (SSSR count). The summed E-state index contributed by atoms with van der Waals surface area (Å²) in [5, 5.41) is 0. The highest BCUT2D eigenvalue weighted by Gasteiger charge is 2.08. The van der Waals surface area contributed by atoms with Crippen LogP contribution < -0.4 is 20.3 Å². The molecule has 0 aromatic heterocycles. The van der Waals surface area contributed by atoms with Crippen molar-refractivity contribution in [1.82, 2.24) is 10.9 Å². The second-order valence-corrected chi connectivity index (χ2v) is 6.16. The van der Waals surface area contributed by atoms with Crippen molar-refractivity contribution in [3.05, 3.63) is 60.2 Å². The van der Waals surface area contributed by atoms with Gasteiger partial charge in [-0.3, -0.25) is 20.4 Å². The lowest BCUT2D eigenvalue weighted by molar-refractivity contribution is -0.123. The van der Waals surface area contributed by atoms with Crippen LogP contribution >= 0.6 is 0 Å². The Morgan fingerprint density at radius 2 is 1.62 bits per heavy atom. The first-order chi connectivity index (χ1) is 12.5. The smallest absolute Gasteiger partial charge is 0.276 e. The molecule has 2 aromatic carbocycles. The van der Waals surface area contributed by atoms with Gasteiger partial charge in [0, 0.05) is 11.6 Å². The number of amides is 2. The van der Waals surface area contributed by atoms with Crippen molar-refractivity contribution in [1.29, 1.82) is 0 Å². The van der Waals surface area contributed by atoms with E-state index < -0.39 is 5.91 Å². The third kappa shape index (κ3) is 6.84. The van der Waals surface area contributed by atoms with E-state index >= 15 is 0 Å². The molecule has 2 aromatic rings. The molecule has 0 heterocycles. The molecule has 0 aliphatic heterocycles. The van der Waals surface area contributed by atoms with Gasteiger partial charge in [0.15, 0.2) is 6.61 Å². The number of carbonyl (C=O) groups excluding carboxylic acids is 2. The molecular weight excluding hydrogens is 332 g/mol. The first-order valence-electron chi connectivity index (χ1n) is 8.54. The third-order valence-corrected chi connectivity index (χ3v) is 3.49. The van der Waals surface area contributed by atoms with E-state index in [0.717, 1.165) is 6.42 Å². The van der Waals surface area contributed by atoms with Crippen molar-refractivity contribution < 1.29 is 19.1 Å². The van der Waals surface area contributed by atoms with Crippen LogP contribution in [0.4, 0.5) is 0 Å². The zero-order chi connectivity index (χ0) is 18.8. The molecule has 6 heteroatoms. The second-order valence-electron chi connectivity index (χ2n) is 6.16. The van der Waals surface area contributed by atoms with Crippen LogP contribution in [0.3, 0.4) is 0 Å². The summed E-state index contributed by atoms with van der Waals surface area (Å²) >= 11 is 0. The average molecular weight is 356 g/mol. The summed E-state index contributed by atoms with van der Waals surface area (Å²) in [5.74, 6) is 0.946. The van der Waals surface area contributed by atoms with Crippen molar-refractivity contribution >= 4 is 11.8 Å². The lowest BCUT2D eigenvalue weighted by Crippen LogP contribution is -2.43. The Balaban J connectivity index is 1.74. The molecular formula is C20H24N2O4. The van der Waals surface area contributed by atoms with Gasteiger partial charge in [-0.05, 0) is 36.6 Å². The summed E-state index contributed by atoms with van der Waals surface area (Å²) in [6.45, 7) is 4.69. The van der Waals surface area contributed by atoms with Crippen LogP contribution in [0.1, 0.15) is 30.6 Å². The minimum Gasteiger partial charge on any atom is -0.493 e. The quantitative estimate of drug-likeness (QED) is 0.713. The van der Waals surface area contributed by atoms with Gasteiger partial charge >= 0.3 is 0 Å². The van der Waals surface area contributed by atoms with Crippen LogP contribution in [-0.2, 0) is 4.79 Å². The fraction of sp³-hybridized carbons (Fsp3) is 0.300. The molecule has 0 unspecified atom stereocenters. The monoisotopic (exact) mass is 356 g/mol. The van der Waals surface area contributed by atoms with Gasteiger partial charge in [0.05, 0.1) is 6.61 Å². The number of hydrogen-bond donors (Lipinski definition) is 2. The van der Waals surface area contributed by atoms with E-state index in [1.54, 1.807) is 42.5 Å². The molecule has 0 aliphatic carbocycles. The number of carbonyl (C=O) groups is 2. The third-order valence-electron chi connectivity index (χ3n) is 3.49. The van der Waals surface area contributed by atoms with Crippen LogP contribution in [0.25, 0.3) is 0 Å². The molecule has 2 amide bonds. The Bertz CT molecular complexity index is 717. The first-order valence-corrected chi connectivity index (χ1v) is 8.54. The zero-order valence-corrected chi connectivity index (χ0v) is 15.0. The standard InChI is InChI=1S/C20H24N2O4/c1-15(2)11-12-25-17-9-6-10-18(13-17)26-14-19(23)21-22-20(24)16-7-4-3-5-8-16/h3-10,13,15H,11-12,14H2,1-2H3,(H,21,23)(H,22,24). The largest absolute Gasteiger partial charge is 0.493 e. The van der Waals surface area contributed by atoms with Crippen LogP contribution in [-0.4, -0.2) is 25.0 Å². The highest BCUT2D eigenvalue weighted by molar-refractivity contribution is 5.95. The van der Waals surface area contributed by atoms with Gasteiger partial charge in [-0.1, -0.05) is 38.1 Å². The summed E-state index contributed by atoms with van der Waals surface area (Å²) in [7, 11) is 0. The fourth-order valence-corrected chi connectivity index (χ4v) is 2.04. The highest BCUT2D eigenvalue weighted by atomic mass is 16.5. The maximum absolute atomic E-state index is 11.8. The summed E-state index contributed by atoms with van der Waals surface area (Å²) in [6, 6.07) is 15.7. The van der Waals surface area contributed by atoms with Crippen molar-refractivity contribution in [2.45, 2.75) is 20.3 Å². The van der Waals surface area contributed by atoms with Crippen molar-refractivity contribution in [2.75, 3.05) is 13.2 Å². The lowest BCUT2D eigenvalue weighted by Gasteiger charge is -2.11. The highest BCUT2D eigenvalue weighted by Crippen LogP contribution is 2.19. The molecule has 6 nitrogen and oxygen atoms in total. The van der Waals surface area contributed by atoms with Crippen LogP contribution in [0.5, 0.6) is 11.5 Å². The summed E-state index contributed by atoms with van der Waals surface area (Å²) in [5.41, 5.74) is 5.12. The lowest BCUT2D eigenvalue weighted by atomic mass is 10.1. The Morgan fingerprint density at radius 1 is 0.923 bits per heavy atom. The number of hydrazine groups is 1. The van der Waals surface area contributed by atoms with Crippen LogP contribution in [0.2, 0.25) is 0 Å². The maximum Gasteiger partial charge on any atom is 0.276 e. The van der Waals surface area contributed by atoms with E-state index in [1.807, 2.05) is 12.1 Å². The van der Waals surface area contributed by atoms with Gasteiger partial charge < -0.3 is 9.47 Å². The Hall–Kier alpha value is -3.02. The molecule has 0 saturated carbocycles. The molecule has 0 radical (unpaired) electrons. The number of benzene rings is 2. The predicted octanol–water partition coefficient (Wildman–Crippen LogP) is 2.95. The zero-order valence-electron chi connectivity index (χ0n) is 15.0. The minimum absolute atomic E-state index is 0.218. The number of ether oxygens (including phenoxy) is 2. The molecule has 0 aliphatic rings. The van der Waals surface area contributed by atoms with E-state index in [1.165, 1.54) is 0 Å². The van der Waals surface area contributed by atoms with Gasteiger partial charge in [0.2, 0.25) is 0 Å². The topological polar surface area (TPSA) is 76.7 Å². The van der Waals surface area contributed by atoms with Crippen molar-refractivity contribution in [3.63, 3.8) is 0 Å². The fourth-order valence-electron chi connectivity index (χ4n) is 2.04. The molecule has 26 heavy (non-hydrogen) atoms. The molecule has 0 bridgehead atoms. The van der Waals surface area contributed by atoms with Gasteiger partial charge in [-0.25, -0.2) is 0 Å². The van der Waals surface area contributed by atoms with Gasteiger partial charge in [-0.15, -0.1) is 0 Å². The Kier molecular flexibility index (Phi) is 7.49. The molecule has 0 fully saturated rings. The predicted molar refractivity (Wildman–Crippen MR) is 98.9 cm³/mol. The molecule has 138 valence electrons.